The van der Waals surface area contributed by atoms with Crippen LogP contribution in [0.3, 0.4) is 0 Å². The molecule has 0 aliphatic heterocycles. The van der Waals surface area contributed by atoms with E-state index < -0.39 is 0 Å². The second kappa shape index (κ2) is 6.40. The molecular weight excluding hydrogens is 256 g/mol. The molecule has 1 aliphatic carbocycles. The van der Waals surface area contributed by atoms with Crippen LogP contribution >= 0.6 is 0 Å². The van der Waals surface area contributed by atoms with Crippen molar-refractivity contribution in [1.82, 2.24) is 10.3 Å². The molecule has 1 aromatic heterocycles. The van der Waals surface area contributed by atoms with Crippen molar-refractivity contribution in [3.63, 3.8) is 0 Å². The van der Waals surface area contributed by atoms with E-state index in [0.29, 0.717) is 12.0 Å². The van der Waals surface area contributed by atoms with Crippen molar-refractivity contribution < 1.29 is 0 Å². The summed E-state index contributed by atoms with van der Waals surface area (Å²) in [6, 6.07) is 13.5. The molecule has 1 heterocycles. The van der Waals surface area contributed by atoms with Crippen LogP contribution < -0.4 is 5.32 Å². The number of rotatable bonds is 4. The van der Waals surface area contributed by atoms with Gasteiger partial charge in [0.2, 0.25) is 0 Å². The number of nitrogens with zero attached hydrogens (tertiary/aromatic N) is 1. The Morgan fingerprint density at radius 2 is 2.10 bits per heavy atom. The number of pyridine rings is 1. The number of hydrogen-bond donors (Lipinski definition) is 1. The van der Waals surface area contributed by atoms with Gasteiger partial charge in [0.05, 0.1) is 11.7 Å². The molecule has 0 fully saturated rings. The second-order valence-electron chi connectivity index (χ2n) is 6.07. The van der Waals surface area contributed by atoms with E-state index in [1.165, 1.54) is 30.5 Å². The largest absolute Gasteiger partial charge is 0.312 e. The maximum atomic E-state index is 4.61. The van der Waals surface area contributed by atoms with E-state index >= 15 is 0 Å². The molecule has 3 rings (SSSR count). The molecule has 110 valence electrons. The van der Waals surface area contributed by atoms with Crippen LogP contribution in [0.1, 0.15) is 53.6 Å². The third-order valence-electron chi connectivity index (χ3n) is 4.74. The van der Waals surface area contributed by atoms with Gasteiger partial charge in [0.1, 0.15) is 0 Å². The number of nitrogens with one attached hydrogen (secondary N) is 1. The minimum absolute atomic E-state index is 0.336. The summed E-state index contributed by atoms with van der Waals surface area (Å²) in [5.41, 5.74) is 5.57. The van der Waals surface area contributed by atoms with E-state index in [-0.39, 0.29) is 0 Å². The Morgan fingerprint density at radius 3 is 2.90 bits per heavy atom. The first-order valence-electron chi connectivity index (χ1n) is 7.96. The van der Waals surface area contributed by atoms with Crippen LogP contribution in [-0.4, -0.2) is 12.0 Å². The minimum Gasteiger partial charge on any atom is -0.312 e. The Morgan fingerprint density at radius 1 is 1.24 bits per heavy atom. The molecule has 0 spiro atoms. The van der Waals surface area contributed by atoms with Crippen molar-refractivity contribution in [2.24, 2.45) is 0 Å². The number of hydrogen-bond acceptors (Lipinski definition) is 2. The Kier molecular flexibility index (Phi) is 4.35. The quantitative estimate of drug-likeness (QED) is 0.909. The maximum Gasteiger partial charge on any atom is 0.0602 e. The Labute approximate surface area is 127 Å². The van der Waals surface area contributed by atoms with Gasteiger partial charge < -0.3 is 5.32 Å². The van der Waals surface area contributed by atoms with Crippen LogP contribution in [0.4, 0.5) is 0 Å². The lowest BCUT2D eigenvalue weighted by atomic mass is 9.79. The van der Waals surface area contributed by atoms with Crippen LogP contribution in [0.2, 0.25) is 0 Å². The molecule has 2 atom stereocenters. The van der Waals surface area contributed by atoms with Gasteiger partial charge in [0.25, 0.3) is 0 Å². The molecule has 2 nitrogen and oxygen atoms in total. The summed E-state index contributed by atoms with van der Waals surface area (Å²) in [4.78, 5) is 4.61. The topological polar surface area (TPSA) is 24.9 Å². The number of aryl methyl sites for hydroxylation is 2. The van der Waals surface area contributed by atoms with E-state index in [0.717, 1.165) is 6.42 Å². The molecule has 0 bridgehead atoms. The number of fused-ring (bicyclic) bond motifs is 1. The third-order valence-corrected chi connectivity index (χ3v) is 4.74. The first-order chi connectivity index (χ1) is 10.3. The zero-order valence-electron chi connectivity index (χ0n) is 13.0. The first kappa shape index (κ1) is 14.3. The Hall–Kier alpha value is -1.67. The van der Waals surface area contributed by atoms with Crippen LogP contribution in [0.5, 0.6) is 0 Å². The molecular formula is C19H24N2. The highest BCUT2D eigenvalue weighted by atomic mass is 14.9. The number of aromatic nitrogens is 1. The monoisotopic (exact) mass is 280 g/mol. The van der Waals surface area contributed by atoms with Gasteiger partial charge in [-0.3, -0.25) is 4.98 Å². The van der Waals surface area contributed by atoms with E-state index in [1.807, 2.05) is 19.3 Å². The molecule has 0 saturated heterocycles. The third kappa shape index (κ3) is 3.01. The van der Waals surface area contributed by atoms with E-state index in [4.69, 9.17) is 0 Å². The summed E-state index contributed by atoms with van der Waals surface area (Å²) in [5.74, 6) is 0.647. The lowest BCUT2D eigenvalue weighted by Gasteiger charge is -2.29. The van der Waals surface area contributed by atoms with Crippen molar-refractivity contribution in [3.8, 4) is 0 Å². The molecule has 1 N–H and O–H groups in total. The molecule has 2 aromatic rings. The van der Waals surface area contributed by atoms with Crippen LogP contribution in [0, 0.1) is 6.92 Å². The lowest BCUT2D eigenvalue weighted by molar-refractivity contribution is 0.432. The lowest BCUT2D eigenvalue weighted by Crippen LogP contribution is -2.23. The van der Waals surface area contributed by atoms with Crippen LogP contribution in [0.15, 0.2) is 42.6 Å². The van der Waals surface area contributed by atoms with Crippen molar-refractivity contribution in [2.75, 3.05) is 7.05 Å². The van der Waals surface area contributed by atoms with E-state index in [2.05, 4.69) is 47.6 Å². The number of benzene rings is 1. The summed E-state index contributed by atoms with van der Waals surface area (Å²) in [6.07, 6.45) is 6.87. The van der Waals surface area contributed by atoms with Gasteiger partial charge in [0, 0.05) is 6.20 Å². The second-order valence-corrected chi connectivity index (χ2v) is 6.07. The molecule has 0 saturated carbocycles. The zero-order valence-corrected chi connectivity index (χ0v) is 13.0. The average Bonchev–Trinajstić information content (AvgIpc) is 2.53. The summed E-state index contributed by atoms with van der Waals surface area (Å²) < 4.78 is 0. The van der Waals surface area contributed by atoms with Gasteiger partial charge in [-0.1, -0.05) is 30.3 Å². The van der Waals surface area contributed by atoms with Gasteiger partial charge in [-0.2, -0.15) is 0 Å². The summed E-state index contributed by atoms with van der Waals surface area (Å²) >= 11 is 0. The van der Waals surface area contributed by atoms with Crippen molar-refractivity contribution in [2.45, 2.75) is 44.6 Å². The summed E-state index contributed by atoms with van der Waals surface area (Å²) in [6.45, 7) is 2.15. The van der Waals surface area contributed by atoms with Crippen LogP contribution in [-0.2, 0) is 6.42 Å². The Balaban J connectivity index is 1.84. The normalized spacial score (nSPS) is 19.0. The predicted molar refractivity (Wildman–Crippen MR) is 87.5 cm³/mol. The highest BCUT2D eigenvalue weighted by molar-refractivity contribution is 5.33. The highest BCUT2D eigenvalue weighted by Crippen LogP contribution is 2.37. The van der Waals surface area contributed by atoms with E-state index in [1.54, 1.807) is 11.1 Å². The van der Waals surface area contributed by atoms with Crippen LogP contribution in [0.25, 0.3) is 0 Å². The van der Waals surface area contributed by atoms with Crippen molar-refractivity contribution >= 4 is 0 Å². The fourth-order valence-corrected chi connectivity index (χ4v) is 3.61. The minimum atomic E-state index is 0.336. The molecule has 0 radical (unpaired) electrons. The summed E-state index contributed by atoms with van der Waals surface area (Å²) in [5, 5.41) is 3.47. The first-order valence-corrected chi connectivity index (χ1v) is 7.96. The van der Waals surface area contributed by atoms with Gasteiger partial charge >= 0.3 is 0 Å². The van der Waals surface area contributed by atoms with Gasteiger partial charge in [-0.25, -0.2) is 0 Å². The van der Waals surface area contributed by atoms with Gasteiger partial charge in [0.15, 0.2) is 0 Å². The van der Waals surface area contributed by atoms with Crippen molar-refractivity contribution in [3.05, 3.63) is 65.0 Å². The molecule has 1 aliphatic rings. The summed E-state index contributed by atoms with van der Waals surface area (Å²) in [7, 11) is 2.05. The molecule has 0 amide bonds. The molecule has 2 heteroatoms. The highest BCUT2D eigenvalue weighted by Gasteiger charge is 2.24. The standard InChI is InChI=1S/C19H24N2/c1-14-7-6-12-21-19(14)18(20-2)13-16-10-5-9-15-8-3-4-11-17(15)16/h3-4,6-8,11-12,16,18,20H,5,9-10,13H2,1-2H3. The fraction of sp³-hybridized carbons (Fsp3) is 0.421. The molecule has 21 heavy (non-hydrogen) atoms. The molecule has 1 aromatic carbocycles. The van der Waals surface area contributed by atoms with Gasteiger partial charge in [-0.05, 0) is 68.3 Å². The SMILES string of the molecule is CNC(CC1CCCc2ccccc21)c1ncccc1C. The zero-order chi connectivity index (χ0) is 14.7. The average molecular weight is 280 g/mol. The predicted octanol–water partition coefficient (Wildman–Crippen LogP) is 4.16. The Bertz CT molecular complexity index is 606. The van der Waals surface area contributed by atoms with E-state index in [9.17, 15) is 0 Å². The smallest absolute Gasteiger partial charge is 0.0602 e. The van der Waals surface area contributed by atoms with Gasteiger partial charge in [-0.15, -0.1) is 0 Å². The van der Waals surface area contributed by atoms with Crippen molar-refractivity contribution in [1.29, 1.82) is 0 Å². The molecule has 2 unspecified atom stereocenters. The maximum absolute atomic E-state index is 4.61. The fourth-order valence-electron chi connectivity index (χ4n) is 3.61.